The van der Waals surface area contributed by atoms with Crippen molar-refractivity contribution >= 4 is 0 Å². The first-order chi connectivity index (χ1) is 9.24. The van der Waals surface area contributed by atoms with Gasteiger partial charge in [-0.3, -0.25) is 4.90 Å². The minimum atomic E-state index is -0.500. The maximum absolute atomic E-state index is 13.8. The van der Waals surface area contributed by atoms with E-state index in [1.165, 1.54) is 6.07 Å². The Hall–Kier alpha value is -1.00. The van der Waals surface area contributed by atoms with Gasteiger partial charge in [0.1, 0.15) is 11.6 Å². The lowest BCUT2D eigenvalue weighted by Crippen LogP contribution is -2.37. The number of ether oxygens (including phenoxy) is 1. The van der Waals surface area contributed by atoms with Crippen LogP contribution in [0.25, 0.3) is 0 Å². The molecule has 0 N–H and O–H groups in total. The van der Waals surface area contributed by atoms with E-state index in [0.717, 1.165) is 51.6 Å². The number of hydrogen-bond acceptors (Lipinski definition) is 2. The molecule has 0 unspecified atom stereocenters. The Morgan fingerprint density at radius 2 is 1.89 bits per heavy atom. The summed E-state index contributed by atoms with van der Waals surface area (Å²) < 4.78 is 32.1. The lowest BCUT2D eigenvalue weighted by Gasteiger charge is -2.31. The van der Waals surface area contributed by atoms with Crippen molar-refractivity contribution in [2.75, 3.05) is 26.3 Å². The van der Waals surface area contributed by atoms with E-state index in [1.54, 1.807) is 6.07 Å². The number of benzene rings is 1. The maximum atomic E-state index is 13.8. The highest BCUT2D eigenvalue weighted by atomic mass is 19.1. The summed E-state index contributed by atoms with van der Waals surface area (Å²) in [6, 6.07) is 4.52. The fraction of sp³-hybridized carbons (Fsp3) is 0.600. The van der Waals surface area contributed by atoms with Crippen LogP contribution < -0.4 is 0 Å². The van der Waals surface area contributed by atoms with Crippen molar-refractivity contribution in [3.63, 3.8) is 0 Å². The van der Waals surface area contributed by atoms with E-state index < -0.39 is 11.6 Å². The van der Waals surface area contributed by atoms with Gasteiger partial charge in [0, 0.05) is 37.8 Å². The molecular formula is C15H19F2NO. The average Bonchev–Trinajstić information content (AvgIpc) is 2.89. The lowest BCUT2D eigenvalue weighted by atomic mass is 9.97. The van der Waals surface area contributed by atoms with Gasteiger partial charge in [-0.15, -0.1) is 0 Å². The first kappa shape index (κ1) is 13.0. The molecule has 0 bridgehead atoms. The second-order valence-corrected chi connectivity index (χ2v) is 5.49. The van der Waals surface area contributed by atoms with Crippen LogP contribution in [0.4, 0.5) is 8.78 Å². The molecule has 0 aromatic heterocycles. The fourth-order valence-electron chi connectivity index (χ4n) is 3.26. The molecule has 2 nitrogen and oxygen atoms in total. The van der Waals surface area contributed by atoms with Crippen molar-refractivity contribution in [1.82, 2.24) is 4.90 Å². The Balaban J connectivity index is 1.67. The van der Waals surface area contributed by atoms with Gasteiger partial charge in [-0.1, -0.05) is 6.07 Å². The molecule has 2 saturated heterocycles. The summed E-state index contributed by atoms with van der Waals surface area (Å²) in [5, 5.41) is 0. The molecule has 2 aliphatic heterocycles. The molecule has 104 valence electrons. The standard InChI is InChI=1S/C15H19F2NO/c16-12-1-2-14(15(17)9-12)11-3-6-18(10-11)13-4-7-19-8-5-13/h1-2,9,11,13H,3-8,10H2/t11-/m0/s1. The maximum Gasteiger partial charge on any atom is 0.129 e. The van der Waals surface area contributed by atoms with Crippen molar-refractivity contribution in [2.45, 2.75) is 31.2 Å². The van der Waals surface area contributed by atoms with Gasteiger partial charge >= 0.3 is 0 Å². The van der Waals surface area contributed by atoms with Crippen molar-refractivity contribution in [2.24, 2.45) is 0 Å². The predicted octanol–water partition coefficient (Wildman–Crippen LogP) is 2.93. The number of hydrogen-bond donors (Lipinski definition) is 0. The summed E-state index contributed by atoms with van der Waals surface area (Å²) in [6.45, 7) is 3.55. The van der Waals surface area contributed by atoms with Crippen LogP contribution in [0, 0.1) is 11.6 Å². The summed E-state index contributed by atoms with van der Waals surface area (Å²) >= 11 is 0. The molecule has 0 amide bonds. The van der Waals surface area contributed by atoms with E-state index in [0.29, 0.717) is 11.6 Å². The number of nitrogens with zero attached hydrogens (tertiary/aromatic N) is 1. The smallest absolute Gasteiger partial charge is 0.129 e. The largest absolute Gasteiger partial charge is 0.381 e. The molecule has 4 heteroatoms. The molecule has 0 spiro atoms. The molecule has 1 aromatic rings. The minimum absolute atomic E-state index is 0.198. The van der Waals surface area contributed by atoms with Crippen LogP contribution >= 0.6 is 0 Å². The highest BCUT2D eigenvalue weighted by Crippen LogP contribution is 2.32. The molecule has 0 aliphatic carbocycles. The molecule has 1 aromatic carbocycles. The molecule has 19 heavy (non-hydrogen) atoms. The van der Waals surface area contributed by atoms with Crippen molar-refractivity contribution in [3.05, 3.63) is 35.4 Å². The van der Waals surface area contributed by atoms with Crippen LogP contribution in [-0.2, 0) is 4.74 Å². The highest BCUT2D eigenvalue weighted by molar-refractivity contribution is 5.24. The van der Waals surface area contributed by atoms with Crippen molar-refractivity contribution in [1.29, 1.82) is 0 Å². The Kier molecular flexibility index (Phi) is 3.80. The van der Waals surface area contributed by atoms with E-state index in [2.05, 4.69) is 4.90 Å². The first-order valence-corrected chi connectivity index (χ1v) is 7.01. The van der Waals surface area contributed by atoms with Gasteiger partial charge < -0.3 is 4.74 Å². The number of rotatable bonds is 2. The monoisotopic (exact) mass is 267 g/mol. The van der Waals surface area contributed by atoms with E-state index >= 15 is 0 Å². The zero-order valence-corrected chi connectivity index (χ0v) is 10.9. The summed E-state index contributed by atoms with van der Waals surface area (Å²) in [5.41, 5.74) is 0.663. The molecule has 0 radical (unpaired) electrons. The third kappa shape index (κ3) is 2.79. The molecule has 2 fully saturated rings. The lowest BCUT2D eigenvalue weighted by molar-refractivity contribution is 0.0419. The molecular weight excluding hydrogens is 248 g/mol. The quantitative estimate of drug-likeness (QED) is 0.817. The molecule has 1 atom stereocenters. The topological polar surface area (TPSA) is 12.5 Å². The van der Waals surface area contributed by atoms with Crippen LogP contribution in [0.15, 0.2) is 18.2 Å². The third-order valence-corrected chi connectivity index (χ3v) is 4.33. The van der Waals surface area contributed by atoms with Crippen LogP contribution in [0.1, 0.15) is 30.7 Å². The Morgan fingerprint density at radius 1 is 1.11 bits per heavy atom. The normalized spacial score (nSPS) is 25.9. The van der Waals surface area contributed by atoms with E-state index in [1.807, 2.05) is 0 Å². The predicted molar refractivity (Wildman–Crippen MR) is 69.1 cm³/mol. The molecule has 2 heterocycles. The van der Waals surface area contributed by atoms with Crippen LogP contribution in [0.2, 0.25) is 0 Å². The van der Waals surface area contributed by atoms with Gasteiger partial charge in [-0.2, -0.15) is 0 Å². The average molecular weight is 267 g/mol. The minimum Gasteiger partial charge on any atom is -0.381 e. The van der Waals surface area contributed by atoms with Gasteiger partial charge in [0.25, 0.3) is 0 Å². The Labute approximate surface area is 112 Å². The van der Waals surface area contributed by atoms with E-state index in [-0.39, 0.29) is 5.92 Å². The molecule has 0 saturated carbocycles. The van der Waals surface area contributed by atoms with Crippen molar-refractivity contribution < 1.29 is 13.5 Å². The highest BCUT2D eigenvalue weighted by Gasteiger charge is 2.31. The molecule has 2 aliphatic rings. The van der Waals surface area contributed by atoms with E-state index in [9.17, 15) is 8.78 Å². The summed E-state index contributed by atoms with van der Waals surface area (Å²) in [5.74, 6) is -0.706. The van der Waals surface area contributed by atoms with Crippen LogP contribution in [0.5, 0.6) is 0 Å². The zero-order valence-electron chi connectivity index (χ0n) is 10.9. The summed E-state index contributed by atoms with van der Waals surface area (Å²) in [4.78, 5) is 2.44. The van der Waals surface area contributed by atoms with E-state index in [4.69, 9.17) is 4.74 Å². The van der Waals surface area contributed by atoms with Gasteiger partial charge in [0.05, 0.1) is 0 Å². The van der Waals surface area contributed by atoms with Crippen LogP contribution in [-0.4, -0.2) is 37.2 Å². The van der Waals surface area contributed by atoms with Crippen molar-refractivity contribution in [3.8, 4) is 0 Å². The van der Waals surface area contributed by atoms with Gasteiger partial charge in [-0.05, 0) is 37.4 Å². The Morgan fingerprint density at radius 3 is 2.63 bits per heavy atom. The van der Waals surface area contributed by atoms with Gasteiger partial charge in [-0.25, -0.2) is 8.78 Å². The SMILES string of the molecule is Fc1ccc([C@H]2CCN(C3CCOCC3)C2)c(F)c1. The van der Waals surface area contributed by atoms with Crippen LogP contribution in [0.3, 0.4) is 0 Å². The number of likely N-dealkylation sites (tertiary alicyclic amines) is 1. The van der Waals surface area contributed by atoms with Gasteiger partial charge in [0.15, 0.2) is 0 Å². The number of halogens is 2. The second kappa shape index (κ2) is 5.55. The zero-order chi connectivity index (χ0) is 13.2. The molecule has 3 rings (SSSR count). The third-order valence-electron chi connectivity index (χ3n) is 4.33. The van der Waals surface area contributed by atoms with Gasteiger partial charge in [0.2, 0.25) is 0 Å². The fourth-order valence-corrected chi connectivity index (χ4v) is 3.26. The second-order valence-electron chi connectivity index (χ2n) is 5.49. The summed E-state index contributed by atoms with van der Waals surface area (Å²) in [7, 11) is 0. The Bertz CT molecular complexity index is 446. The first-order valence-electron chi connectivity index (χ1n) is 7.01. The summed E-state index contributed by atoms with van der Waals surface area (Å²) in [6.07, 6.45) is 3.09.